The summed E-state index contributed by atoms with van der Waals surface area (Å²) < 4.78 is 5.19. The summed E-state index contributed by atoms with van der Waals surface area (Å²) in [6, 6.07) is 10.2. The van der Waals surface area contributed by atoms with Crippen molar-refractivity contribution in [2.45, 2.75) is 26.4 Å². The first-order valence-corrected chi connectivity index (χ1v) is 5.39. The minimum absolute atomic E-state index is 0.176. The molecule has 5 heteroatoms. The van der Waals surface area contributed by atoms with Crippen molar-refractivity contribution >= 4 is 11.8 Å². The van der Waals surface area contributed by atoms with Crippen LogP contribution >= 0.6 is 0 Å². The quantitative estimate of drug-likeness (QED) is 0.272. The lowest BCUT2D eigenvalue weighted by atomic mass is 10.1. The van der Waals surface area contributed by atoms with Crippen LogP contribution in [0.1, 0.15) is 26.3 Å². The van der Waals surface area contributed by atoms with Crippen LogP contribution in [-0.4, -0.2) is 27.4 Å². The number of carbonyl (C=O) groups excluding carboxylic acids is 1. The Labute approximate surface area is 106 Å². The lowest BCUT2D eigenvalue weighted by Crippen LogP contribution is -2.32. The van der Waals surface area contributed by atoms with Gasteiger partial charge in [0.15, 0.2) is 6.07 Å². The maximum absolute atomic E-state index is 11.6. The number of ether oxygens (including phenoxy) is 1. The third-order valence-corrected chi connectivity index (χ3v) is 1.93. The van der Waals surface area contributed by atoms with Crippen molar-refractivity contribution in [2.75, 3.05) is 0 Å². The maximum Gasteiger partial charge on any atom is 0.647 e. The summed E-state index contributed by atoms with van der Waals surface area (Å²) in [5.74, 6) is 0. The topological polar surface area (TPSA) is 73.3 Å². The molecule has 1 N–H and O–H groups in total. The number of hydrogen-bond donors (Lipinski definition) is 1. The van der Waals surface area contributed by atoms with Crippen molar-refractivity contribution in [2.24, 2.45) is 0 Å². The van der Waals surface area contributed by atoms with Crippen molar-refractivity contribution in [1.29, 1.82) is 5.26 Å². The second-order valence-electron chi connectivity index (χ2n) is 4.62. The molecule has 18 heavy (non-hydrogen) atoms. The van der Waals surface area contributed by atoms with E-state index in [2.05, 4.69) is 0 Å². The first kappa shape index (κ1) is 13.7. The van der Waals surface area contributed by atoms with Crippen LogP contribution in [0.3, 0.4) is 0 Å². The average Bonchev–Trinajstić information content (AvgIpc) is 2.29. The van der Waals surface area contributed by atoms with Gasteiger partial charge in [0.25, 0.3) is 0 Å². The van der Waals surface area contributed by atoms with Crippen LogP contribution in [-0.2, 0) is 4.74 Å². The van der Waals surface area contributed by atoms with Gasteiger partial charge in [0.05, 0.1) is 5.56 Å². The van der Waals surface area contributed by atoms with E-state index < -0.39 is 11.7 Å². The summed E-state index contributed by atoms with van der Waals surface area (Å²) in [5.41, 5.74) is -0.479. The molecule has 0 saturated heterocycles. The van der Waals surface area contributed by atoms with Gasteiger partial charge in [0.1, 0.15) is 10.3 Å². The van der Waals surface area contributed by atoms with E-state index in [1.54, 1.807) is 57.2 Å². The predicted molar refractivity (Wildman–Crippen MR) is 64.4 cm³/mol. The number of nitriles is 1. The van der Waals surface area contributed by atoms with Crippen LogP contribution in [0.15, 0.2) is 30.3 Å². The standard InChI is InChI=1S/C13H15N2O3/c1-13(2,3)18-12(16)15(17)11(9-14)10-7-5-4-6-8-10/h4-8,17H,1-3H3/q+1/b15-11+. The van der Waals surface area contributed by atoms with Gasteiger partial charge in [-0.15, -0.1) is 0 Å². The average molecular weight is 247 g/mol. The molecule has 0 unspecified atom stereocenters. The molecule has 0 saturated carbocycles. The van der Waals surface area contributed by atoms with Crippen molar-refractivity contribution < 1.29 is 19.5 Å². The largest absolute Gasteiger partial charge is 0.647 e. The normalized spacial score (nSPS) is 12.3. The minimum atomic E-state index is -0.983. The summed E-state index contributed by atoms with van der Waals surface area (Å²) in [6.07, 6.45) is -0.983. The zero-order valence-electron chi connectivity index (χ0n) is 10.5. The molecule has 0 aliphatic heterocycles. The number of hydrogen-bond acceptors (Lipinski definition) is 4. The monoisotopic (exact) mass is 247 g/mol. The molecular weight excluding hydrogens is 232 g/mol. The van der Waals surface area contributed by atoms with E-state index in [4.69, 9.17) is 10.00 Å². The van der Waals surface area contributed by atoms with Crippen LogP contribution in [0, 0.1) is 11.3 Å². The zero-order chi connectivity index (χ0) is 13.8. The highest BCUT2D eigenvalue weighted by Crippen LogP contribution is 2.08. The van der Waals surface area contributed by atoms with Crippen LogP contribution < -0.4 is 0 Å². The Bertz CT molecular complexity index is 507. The molecule has 0 bridgehead atoms. The Kier molecular flexibility index (Phi) is 4.05. The second-order valence-corrected chi connectivity index (χ2v) is 4.62. The van der Waals surface area contributed by atoms with E-state index in [1.165, 1.54) is 0 Å². The summed E-state index contributed by atoms with van der Waals surface area (Å²) in [4.78, 5) is 11.6. The molecule has 1 aromatic rings. The molecule has 0 aliphatic rings. The first-order chi connectivity index (χ1) is 8.35. The SMILES string of the molecule is CC(C)(C)OC(=O)/[N+](O)=C(/C#N)c1ccccc1. The van der Waals surface area contributed by atoms with Crippen LogP contribution in [0.4, 0.5) is 4.79 Å². The third kappa shape index (κ3) is 3.59. The van der Waals surface area contributed by atoms with Crippen molar-refractivity contribution in [3.8, 4) is 6.07 Å². The van der Waals surface area contributed by atoms with Gasteiger partial charge in [-0.05, 0) is 32.9 Å². The van der Waals surface area contributed by atoms with Gasteiger partial charge in [-0.3, -0.25) is 5.21 Å². The summed E-state index contributed by atoms with van der Waals surface area (Å²) >= 11 is 0. The molecule has 94 valence electrons. The van der Waals surface area contributed by atoms with Gasteiger partial charge in [-0.2, -0.15) is 10.1 Å². The molecule has 0 spiro atoms. The Balaban J connectivity index is 3.10. The minimum Gasteiger partial charge on any atom is -0.403 e. The first-order valence-electron chi connectivity index (χ1n) is 5.39. The number of hydroxylamine groups is 1. The molecular formula is C13H15N2O3+. The third-order valence-electron chi connectivity index (χ3n) is 1.93. The van der Waals surface area contributed by atoms with Crippen LogP contribution in [0.25, 0.3) is 0 Å². The molecule has 1 amide bonds. The smallest absolute Gasteiger partial charge is 0.403 e. The summed E-state index contributed by atoms with van der Waals surface area (Å²) in [6.45, 7) is 5.02. The molecule has 0 fully saturated rings. The van der Waals surface area contributed by atoms with Gasteiger partial charge < -0.3 is 4.74 Å². The fourth-order valence-corrected chi connectivity index (χ4v) is 1.23. The highest BCUT2D eigenvalue weighted by atomic mass is 16.6. The van der Waals surface area contributed by atoms with Gasteiger partial charge in [-0.1, -0.05) is 18.2 Å². The molecule has 0 aliphatic carbocycles. The van der Waals surface area contributed by atoms with E-state index in [0.29, 0.717) is 5.56 Å². The van der Waals surface area contributed by atoms with Crippen molar-refractivity contribution in [3.63, 3.8) is 0 Å². The van der Waals surface area contributed by atoms with Gasteiger partial charge in [-0.25, -0.2) is 0 Å². The number of amides is 1. The Morgan fingerprint density at radius 2 is 1.89 bits per heavy atom. The number of carbonyl (C=O) groups is 1. The maximum atomic E-state index is 11.6. The van der Waals surface area contributed by atoms with Crippen molar-refractivity contribution in [3.05, 3.63) is 35.9 Å². The van der Waals surface area contributed by atoms with E-state index in [1.807, 2.05) is 0 Å². The number of nitrogens with zero attached hydrogens (tertiary/aromatic N) is 2. The summed E-state index contributed by atoms with van der Waals surface area (Å²) in [5, 5.41) is 18.7. The zero-order valence-corrected chi connectivity index (χ0v) is 10.5. The van der Waals surface area contributed by atoms with Gasteiger partial charge >= 0.3 is 11.8 Å². The van der Waals surface area contributed by atoms with E-state index >= 15 is 0 Å². The van der Waals surface area contributed by atoms with E-state index in [9.17, 15) is 10.0 Å². The van der Waals surface area contributed by atoms with Gasteiger partial charge in [0, 0.05) is 0 Å². The lowest BCUT2D eigenvalue weighted by Gasteiger charge is -2.15. The fraction of sp³-hybridized carbons (Fsp3) is 0.308. The number of rotatable bonds is 1. The molecule has 0 heterocycles. The Morgan fingerprint density at radius 1 is 1.33 bits per heavy atom. The molecule has 0 atom stereocenters. The summed E-state index contributed by atoms with van der Waals surface area (Å²) in [7, 11) is 0. The van der Waals surface area contributed by atoms with E-state index in [-0.39, 0.29) is 10.5 Å². The van der Waals surface area contributed by atoms with Crippen molar-refractivity contribution in [1.82, 2.24) is 0 Å². The number of benzene rings is 1. The predicted octanol–water partition coefficient (Wildman–Crippen LogP) is 2.34. The van der Waals surface area contributed by atoms with Crippen LogP contribution in [0.5, 0.6) is 0 Å². The van der Waals surface area contributed by atoms with Gasteiger partial charge in [0.2, 0.25) is 0 Å². The highest BCUT2D eigenvalue weighted by molar-refractivity contribution is 6.09. The Hall–Kier alpha value is -2.35. The fourth-order valence-electron chi connectivity index (χ4n) is 1.23. The molecule has 0 radical (unpaired) electrons. The van der Waals surface area contributed by atoms with Crippen LogP contribution in [0.2, 0.25) is 0 Å². The molecule has 0 aromatic heterocycles. The second kappa shape index (κ2) is 5.32. The molecule has 1 rings (SSSR count). The molecule has 5 nitrogen and oxygen atoms in total. The molecule has 1 aromatic carbocycles. The van der Waals surface area contributed by atoms with E-state index in [0.717, 1.165) is 0 Å². The highest BCUT2D eigenvalue weighted by Gasteiger charge is 2.31. The lowest BCUT2D eigenvalue weighted by molar-refractivity contribution is -0.708. The Morgan fingerprint density at radius 3 is 2.33 bits per heavy atom.